The zero-order chi connectivity index (χ0) is 47.1. The number of nitrogens with zero attached hydrogens (tertiary/aromatic N) is 1. The Morgan fingerprint density at radius 2 is 1.77 bits per heavy atom. The fourth-order valence-electron chi connectivity index (χ4n) is 10.4. The molecule has 3 aromatic carbocycles. The quantitative estimate of drug-likeness (QED) is 0.0392. The van der Waals surface area contributed by atoms with Crippen LogP contribution in [0.1, 0.15) is 94.5 Å². The van der Waals surface area contributed by atoms with Crippen LogP contribution >= 0.6 is 12.6 Å². The van der Waals surface area contributed by atoms with E-state index in [1.54, 1.807) is 24.3 Å². The van der Waals surface area contributed by atoms with Gasteiger partial charge in [-0.25, -0.2) is 0 Å². The van der Waals surface area contributed by atoms with E-state index in [9.17, 15) is 19.8 Å². The van der Waals surface area contributed by atoms with Crippen molar-refractivity contribution < 1.29 is 29.3 Å². The summed E-state index contributed by atoms with van der Waals surface area (Å²) in [6, 6.07) is 15.9. The smallest absolute Gasteiger partial charge is 0.267 e. The van der Waals surface area contributed by atoms with E-state index in [1.807, 2.05) is 6.92 Å². The summed E-state index contributed by atoms with van der Waals surface area (Å²) in [4.78, 5) is 29.3. The predicted octanol–water partition coefficient (Wildman–Crippen LogP) is 7.64. The number of phenolic OH excluding ortho intramolecular Hbond substituents is 2. The summed E-state index contributed by atoms with van der Waals surface area (Å²) >= 11 is 4.82. The van der Waals surface area contributed by atoms with Gasteiger partial charge in [-0.3, -0.25) is 15.0 Å². The van der Waals surface area contributed by atoms with Gasteiger partial charge in [0.25, 0.3) is 5.91 Å². The number of aryl methyl sites for hydroxylation is 1. The fraction of sp³-hybridized carbons (Fsp3) is 0.415. The minimum Gasteiger partial charge on any atom is -0.508 e. The Hall–Kier alpha value is -5.92. The summed E-state index contributed by atoms with van der Waals surface area (Å²) in [6.07, 6.45) is 12.0. The molecule has 66 heavy (non-hydrogen) atoms. The molecule has 8 N–H and O–H groups in total. The first-order valence-electron chi connectivity index (χ1n) is 23.2. The van der Waals surface area contributed by atoms with Gasteiger partial charge in [0.1, 0.15) is 22.9 Å². The number of nitrogens with one attached hydrogen (secondary N) is 4. The van der Waals surface area contributed by atoms with Crippen molar-refractivity contribution in [3.63, 3.8) is 0 Å². The van der Waals surface area contributed by atoms with Gasteiger partial charge < -0.3 is 46.3 Å². The molecule has 3 atom stereocenters. The molecule has 0 radical (unpaired) electrons. The van der Waals surface area contributed by atoms with Crippen LogP contribution in [0.4, 0.5) is 5.69 Å². The van der Waals surface area contributed by atoms with E-state index in [2.05, 4.69) is 85.0 Å². The molecule has 2 amide bonds. The number of hydrogen-bond acceptors (Lipinski definition) is 11. The number of benzene rings is 3. The second kappa shape index (κ2) is 18.8. The van der Waals surface area contributed by atoms with Gasteiger partial charge in [-0.05, 0) is 102 Å². The number of thiol groups is 1. The molecular weight excluding hydrogens is 849 g/mol. The number of methoxy groups -OCH3 is 1. The highest BCUT2D eigenvalue weighted by Gasteiger charge is 2.47. The normalized spacial score (nSPS) is 21.8. The van der Waals surface area contributed by atoms with E-state index in [1.165, 1.54) is 58.6 Å². The van der Waals surface area contributed by atoms with Crippen LogP contribution in [-0.2, 0) is 32.6 Å². The summed E-state index contributed by atoms with van der Waals surface area (Å²) in [5.41, 5.74) is 16.8. The molecule has 0 bridgehead atoms. The molecule has 8 rings (SSSR count). The molecule has 0 aromatic heterocycles. The van der Waals surface area contributed by atoms with Crippen LogP contribution in [0.3, 0.4) is 0 Å². The van der Waals surface area contributed by atoms with Crippen molar-refractivity contribution in [2.75, 3.05) is 38.2 Å². The average Bonchev–Trinajstić information content (AvgIpc) is 3.54. The van der Waals surface area contributed by atoms with Gasteiger partial charge in [0.05, 0.1) is 31.5 Å². The van der Waals surface area contributed by atoms with Crippen molar-refractivity contribution in [3.8, 4) is 17.2 Å². The van der Waals surface area contributed by atoms with Crippen LogP contribution in [0, 0.1) is 10.8 Å². The number of allylic oxidation sites excluding steroid dienone is 4. The van der Waals surface area contributed by atoms with E-state index in [0.717, 1.165) is 44.3 Å². The van der Waals surface area contributed by atoms with E-state index in [0.29, 0.717) is 36.3 Å². The number of carbonyl (C=O) groups is 2. The second-order valence-electron chi connectivity index (χ2n) is 19.2. The van der Waals surface area contributed by atoms with Crippen LogP contribution < -0.4 is 31.3 Å². The maximum absolute atomic E-state index is 13.5. The molecule has 12 nitrogen and oxygen atoms in total. The summed E-state index contributed by atoms with van der Waals surface area (Å²) in [6.45, 7) is 13.4. The van der Waals surface area contributed by atoms with E-state index < -0.39 is 5.91 Å². The van der Waals surface area contributed by atoms with Crippen molar-refractivity contribution in [1.29, 1.82) is 5.41 Å². The number of phenols is 2. The van der Waals surface area contributed by atoms with E-state index in [-0.39, 0.29) is 81.2 Å². The molecule has 13 heteroatoms. The maximum atomic E-state index is 13.5. The summed E-state index contributed by atoms with van der Waals surface area (Å²) in [7, 11) is 1.54. The first kappa shape index (κ1) is 46.6. The highest BCUT2D eigenvalue weighted by atomic mass is 32.1. The van der Waals surface area contributed by atoms with Gasteiger partial charge in [-0.15, -0.1) is 0 Å². The lowest BCUT2D eigenvalue weighted by Gasteiger charge is -2.42. The van der Waals surface area contributed by atoms with Gasteiger partial charge in [0, 0.05) is 76.7 Å². The molecule has 3 aromatic rings. The Kier molecular flexibility index (Phi) is 13.2. The standard InChI is InChI=1S/C53H64N6O6S/c1-7-31-25-36(43(61)28-42(31)60)48(54)47(32-10-12-34(64-6)13-11-32)49(55)51(63)58-20-8-19-57-46(62)24-30-9-16-41-39(23-30)53(4,5)50-37-26-33-29-52(2,3)38-27-35(66)14-15-40(38)56-21-17-44(33)65-45(37)18-22-59(41)50/h9-13,15-16,23,25-28,35,44-45,54,56,60-61,66H,7-8,14,17-22,24,29,55H2,1-6H3,(H,57,62)(H,58,63)/b49-47-,54-48?. The van der Waals surface area contributed by atoms with Crippen molar-refractivity contribution in [3.05, 3.63) is 134 Å². The van der Waals surface area contributed by atoms with Crippen molar-refractivity contribution >= 4 is 41.4 Å². The predicted molar refractivity (Wildman–Crippen MR) is 264 cm³/mol. The molecule has 348 valence electrons. The third-order valence-corrected chi connectivity index (χ3v) is 14.2. The first-order chi connectivity index (χ1) is 31.5. The second-order valence-corrected chi connectivity index (χ2v) is 19.9. The van der Waals surface area contributed by atoms with Crippen molar-refractivity contribution in [1.82, 2.24) is 16.0 Å². The fourth-order valence-corrected chi connectivity index (χ4v) is 10.7. The Morgan fingerprint density at radius 1 is 1.02 bits per heavy atom. The highest BCUT2D eigenvalue weighted by Crippen LogP contribution is 2.54. The number of carbonyl (C=O) groups excluding carboxylic acids is 2. The van der Waals surface area contributed by atoms with Gasteiger partial charge >= 0.3 is 0 Å². The lowest BCUT2D eigenvalue weighted by atomic mass is 9.73. The van der Waals surface area contributed by atoms with Crippen LogP contribution in [0.2, 0.25) is 0 Å². The highest BCUT2D eigenvalue weighted by molar-refractivity contribution is 7.81. The van der Waals surface area contributed by atoms with Crippen LogP contribution in [-0.4, -0.2) is 78.5 Å². The maximum Gasteiger partial charge on any atom is 0.267 e. The van der Waals surface area contributed by atoms with Crippen molar-refractivity contribution in [2.24, 2.45) is 11.1 Å². The Morgan fingerprint density at radius 3 is 2.52 bits per heavy atom. The minimum absolute atomic E-state index is 0.0329. The Labute approximate surface area is 394 Å². The third kappa shape index (κ3) is 9.12. The number of anilines is 1. The van der Waals surface area contributed by atoms with Crippen LogP contribution in [0.5, 0.6) is 17.2 Å². The first-order valence-corrected chi connectivity index (χ1v) is 23.7. The molecule has 0 spiro atoms. The molecule has 4 heterocycles. The van der Waals surface area contributed by atoms with Gasteiger partial charge in [-0.2, -0.15) is 12.6 Å². The summed E-state index contributed by atoms with van der Waals surface area (Å²) in [5, 5.41) is 39.9. The monoisotopic (exact) mass is 912 g/mol. The summed E-state index contributed by atoms with van der Waals surface area (Å²) < 4.78 is 12.3. The third-order valence-electron chi connectivity index (χ3n) is 13.8. The van der Waals surface area contributed by atoms with E-state index >= 15 is 0 Å². The number of aromatic hydroxyl groups is 2. The SMILES string of the molecule is CCc1cc(C(=N)/C(=C(\N)C(=O)NCCCNC(=O)Cc2ccc3c(c2)C(C)(C)C2=C4C=C5CC(C)(C)C6=CC(S)CC=C6NCCC5OC4CCN23)c2ccc(OC)cc2)c(O)cc1O. The van der Waals surface area contributed by atoms with Gasteiger partial charge in [0.15, 0.2) is 0 Å². The largest absolute Gasteiger partial charge is 0.508 e. The molecular formula is C53H64N6O6S. The van der Waals surface area contributed by atoms with Gasteiger partial charge in [-0.1, -0.05) is 77.1 Å². The molecule has 4 aliphatic heterocycles. The number of amides is 2. The molecule has 5 aliphatic rings. The lowest BCUT2D eigenvalue weighted by molar-refractivity contribution is -0.120. The molecule has 1 saturated heterocycles. The zero-order valence-electron chi connectivity index (χ0n) is 38.9. The molecule has 3 unspecified atom stereocenters. The molecule has 1 aliphatic carbocycles. The lowest BCUT2D eigenvalue weighted by Crippen LogP contribution is -2.42. The van der Waals surface area contributed by atoms with Crippen molar-refractivity contribution in [2.45, 2.75) is 102 Å². The molecule has 1 fully saturated rings. The Bertz CT molecular complexity index is 2610. The zero-order valence-corrected chi connectivity index (χ0v) is 39.8. The molecule has 0 saturated carbocycles. The van der Waals surface area contributed by atoms with Gasteiger partial charge in [0.2, 0.25) is 5.91 Å². The van der Waals surface area contributed by atoms with Crippen LogP contribution in [0.15, 0.2) is 107 Å². The summed E-state index contributed by atoms with van der Waals surface area (Å²) in [5.74, 6) is -0.524. The number of hydrogen-bond donors (Lipinski definition) is 8. The topological polar surface area (TPSA) is 182 Å². The van der Waals surface area contributed by atoms with Crippen LogP contribution in [0.25, 0.3) is 5.57 Å². The van der Waals surface area contributed by atoms with E-state index in [4.69, 9.17) is 33.2 Å². The number of ether oxygens (including phenoxy) is 2. The minimum atomic E-state index is -0.595. The number of rotatable bonds is 12. The number of fused-ring (bicyclic) bond motifs is 6. The number of nitrogens with two attached hydrogens (primary N) is 1. The Balaban J connectivity index is 0.921. The average molecular weight is 913 g/mol.